The van der Waals surface area contributed by atoms with Crippen molar-refractivity contribution in [2.75, 3.05) is 17.7 Å². The van der Waals surface area contributed by atoms with E-state index in [0.717, 1.165) is 5.56 Å². The van der Waals surface area contributed by atoms with E-state index in [0.29, 0.717) is 6.54 Å². The van der Waals surface area contributed by atoms with Gasteiger partial charge in [-0.25, -0.2) is 9.97 Å². The first-order valence-electron chi connectivity index (χ1n) is 5.52. The van der Waals surface area contributed by atoms with Crippen molar-refractivity contribution in [1.82, 2.24) is 15.0 Å². The standard InChI is InChI=1S/C11H12N6O2/c1-12-10-9(17(18)19)11(16-7-15-10)14-6-8-2-4-13-5-3-8/h2-5,7H,6H2,1H3,(H2,12,14,15,16). The first-order chi connectivity index (χ1) is 9.22. The van der Waals surface area contributed by atoms with E-state index in [1.54, 1.807) is 19.4 Å². The van der Waals surface area contributed by atoms with Crippen LogP contribution in [0.25, 0.3) is 0 Å². The quantitative estimate of drug-likeness (QED) is 0.618. The predicted molar refractivity (Wildman–Crippen MR) is 69.8 cm³/mol. The van der Waals surface area contributed by atoms with Crippen LogP contribution in [0.5, 0.6) is 0 Å². The second-order valence-electron chi connectivity index (χ2n) is 3.64. The van der Waals surface area contributed by atoms with E-state index < -0.39 is 4.92 Å². The maximum absolute atomic E-state index is 11.0. The normalized spacial score (nSPS) is 9.95. The van der Waals surface area contributed by atoms with Gasteiger partial charge in [-0.3, -0.25) is 15.1 Å². The number of nitro groups is 1. The molecule has 2 N–H and O–H groups in total. The van der Waals surface area contributed by atoms with Gasteiger partial charge < -0.3 is 10.6 Å². The predicted octanol–water partition coefficient (Wildman–Crippen LogP) is 1.43. The average molecular weight is 260 g/mol. The minimum Gasteiger partial charge on any atom is -0.367 e. The minimum absolute atomic E-state index is 0.168. The number of pyridine rings is 1. The zero-order valence-electron chi connectivity index (χ0n) is 10.2. The molecule has 0 amide bonds. The Kier molecular flexibility index (Phi) is 3.81. The van der Waals surface area contributed by atoms with Gasteiger partial charge in [0, 0.05) is 26.0 Å². The molecule has 0 aromatic carbocycles. The van der Waals surface area contributed by atoms with Crippen molar-refractivity contribution in [2.45, 2.75) is 6.54 Å². The van der Waals surface area contributed by atoms with E-state index >= 15 is 0 Å². The lowest BCUT2D eigenvalue weighted by Gasteiger charge is -2.07. The summed E-state index contributed by atoms with van der Waals surface area (Å²) in [5, 5.41) is 16.6. The van der Waals surface area contributed by atoms with Crippen LogP contribution < -0.4 is 10.6 Å². The van der Waals surface area contributed by atoms with Crippen LogP contribution >= 0.6 is 0 Å². The van der Waals surface area contributed by atoms with Gasteiger partial charge in [-0.2, -0.15) is 0 Å². The van der Waals surface area contributed by atoms with Gasteiger partial charge >= 0.3 is 5.69 Å². The maximum Gasteiger partial charge on any atom is 0.353 e. The van der Waals surface area contributed by atoms with Gasteiger partial charge in [0.1, 0.15) is 6.33 Å². The van der Waals surface area contributed by atoms with Crippen molar-refractivity contribution >= 4 is 17.3 Å². The Morgan fingerprint density at radius 3 is 2.58 bits per heavy atom. The summed E-state index contributed by atoms with van der Waals surface area (Å²) in [5.74, 6) is 0.360. The number of nitrogens with zero attached hydrogens (tertiary/aromatic N) is 4. The van der Waals surface area contributed by atoms with Gasteiger partial charge in [-0.05, 0) is 17.7 Å². The third-order valence-corrected chi connectivity index (χ3v) is 2.45. The number of hydrogen-bond acceptors (Lipinski definition) is 7. The van der Waals surface area contributed by atoms with E-state index in [4.69, 9.17) is 0 Å². The van der Waals surface area contributed by atoms with Gasteiger partial charge in [0.25, 0.3) is 0 Å². The lowest BCUT2D eigenvalue weighted by molar-refractivity contribution is -0.383. The molecule has 0 aliphatic rings. The fraction of sp³-hybridized carbons (Fsp3) is 0.182. The molecule has 2 heterocycles. The molecule has 0 atom stereocenters. The smallest absolute Gasteiger partial charge is 0.353 e. The Labute approximate surface area is 109 Å². The van der Waals surface area contributed by atoms with Gasteiger partial charge in [-0.15, -0.1) is 0 Å². The summed E-state index contributed by atoms with van der Waals surface area (Å²) in [6.07, 6.45) is 4.59. The van der Waals surface area contributed by atoms with Crippen LogP contribution in [0.1, 0.15) is 5.56 Å². The third kappa shape index (κ3) is 2.92. The lowest BCUT2D eigenvalue weighted by Crippen LogP contribution is -2.08. The Morgan fingerprint density at radius 1 is 1.26 bits per heavy atom. The SMILES string of the molecule is CNc1ncnc(NCc2ccncc2)c1[N+](=O)[O-]. The number of nitrogens with one attached hydrogen (secondary N) is 2. The van der Waals surface area contributed by atoms with Crippen molar-refractivity contribution in [1.29, 1.82) is 0 Å². The topological polar surface area (TPSA) is 106 Å². The Morgan fingerprint density at radius 2 is 1.95 bits per heavy atom. The first-order valence-corrected chi connectivity index (χ1v) is 5.52. The third-order valence-electron chi connectivity index (χ3n) is 2.45. The summed E-state index contributed by atoms with van der Waals surface area (Å²) < 4.78 is 0. The van der Waals surface area contributed by atoms with Gasteiger partial charge in [-0.1, -0.05) is 0 Å². The average Bonchev–Trinajstić information content (AvgIpc) is 2.45. The highest BCUT2D eigenvalue weighted by atomic mass is 16.6. The summed E-state index contributed by atoms with van der Waals surface area (Å²) in [4.78, 5) is 22.2. The lowest BCUT2D eigenvalue weighted by atomic mass is 10.2. The molecule has 0 saturated carbocycles. The van der Waals surface area contributed by atoms with Crippen LogP contribution in [-0.2, 0) is 6.54 Å². The highest BCUT2D eigenvalue weighted by Crippen LogP contribution is 2.28. The molecule has 0 spiro atoms. The van der Waals surface area contributed by atoms with Crippen LogP contribution in [0.2, 0.25) is 0 Å². The molecule has 2 rings (SSSR count). The van der Waals surface area contributed by atoms with Crippen LogP contribution in [0, 0.1) is 10.1 Å². The molecule has 8 heteroatoms. The van der Waals surface area contributed by atoms with Crippen LogP contribution in [0.4, 0.5) is 17.3 Å². The van der Waals surface area contributed by atoms with E-state index in [2.05, 4.69) is 25.6 Å². The van der Waals surface area contributed by atoms with Crippen molar-refractivity contribution in [3.63, 3.8) is 0 Å². The summed E-state index contributed by atoms with van der Waals surface area (Å²) in [7, 11) is 1.57. The zero-order valence-corrected chi connectivity index (χ0v) is 10.2. The molecule has 0 aliphatic carbocycles. The van der Waals surface area contributed by atoms with Gasteiger partial charge in [0.05, 0.1) is 4.92 Å². The van der Waals surface area contributed by atoms with Crippen LogP contribution in [0.15, 0.2) is 30.9 Å². The summed E-state index contributed by atoms with van der Waals surface area (Å²) in [6, 6.07) is 3.64. The van der Waals surface area contributed by atoms with E-state index in [9.17, 15) is 10.1 Å². The molecule has 0 unspecified atom stereocenters. The molecule has 0 bridgehead atoms. The molecule has 2 aromatic rings. The number of rotatable bonds is 5. The molecule has 0 radical (unpaired) electrons. The number of aromatic nitrogens is 3. The van der Waals surface area contributed by atoms with Gasteiger partial charge in [0.2, 0.25) is 11.6 Å². The van der Waals surface area contributed by atoms with Crippen LogP contribution in [0.3, 0.4) is 0 Å². The molecule has 0 fully saturated rings. The molecule has 2 aromatic heterocycles. The summed E-state index contributed by atoms with van der Waals surface area (Å²) in [5.41, 5.74) is 0.785. The monoisotopic (exact) mass is 260 g/mol. The fourth-order valence-electron chi connectivity index (χ4n) is 1.55. The summed E-state index contributed by atoms with van der Waals surface area (Å²) in [6.45, 7) is 0.420. The van der Waals surface area contributed by atoms with Crippen molar-refractivity contribution in [3.8, 4) is 0 Å². The second-order valence-corrected chi connectivity index (χ2v) is 3.64. The second kappa shape index (κ2) is 5.71. The minimum atomic E-state index is -0.513. The van der Waals surface area contributed by atoms with Crippen molar-refractivity contribution in [2.24, 2.45) is 0 Å². The molecular formula is C11H12N6O2. The highest BCUT2D eigenvalue weighted by Gasteiger charge is 2.21. The zero-order chi connectivity index (χ0) is 13.7. The van der Waals surface area contributed by atoms with E-state index in [1.807, 2.05) is 12.1 Å². The molecular weight excluding hydrogens is 248 g/mol. The largest absolute Gasteiger partial charge is 0.367 e. The van der Waals surface area contributed by atoms with Crippen molar-refractivity contribution in [3.05, 3.63) is 46.5 Å². The Hall–Kier alpha value is -2.77. The Bertz CT molecular complexity index is 575. The number of hydrogen-bond donors (Lipinski definition) is 2. The molecule has 0 saturated heterocycles. The molecule has 98 valence electrons. The number of anilines is 2. The highest BCUT2D eigenvalue weighted by molar-refractivity contribution is 5.68. The Balaban J connectivity index is 2.23. The fourth-order valence-corrected chi connectivity index (χ4v) is 1.55. The summed E-state index contributed by atoms with van der Waals surface area (Å²) >= 11 is 0. The molecule has 19 heavy (non-hydrogen) atoms. The first kappa shape index (κ1) is 12.7. The van der Waals surface area contributed by atoms with Crippen LogP contribution in [-0.4, -0.2) is 26.9 Å². The van der Waals surface area contributed by atoms with E-state index in [-0.39, 0.29) is 17.3 Å². The maximum atomic E-state index is 11.0. The van der Waals surface area contributed by atoms with E-state index in [1.165, 1.54) is 6.33 Å². The van der Waals surface area contributed by atoms with Gasteiger partial charge in [0.15, 0.2) is 0 Å². The molecule has 0 aliphatic heterocycles. The molecule has 8 nitrogen and oxygen atoms in total. The van der Waals surface area contributed by atoms with Crippen molar-refractivity contribution < 1.29 is 4.92 Å².